The van der Waals surface area contributed by atoms with Gasteiger partial charge in [0.15, 0.2) is 5.65 Å². The Balaban J connectivity index is 1.65. The van der Waals surface area contributed by atoms with Crippen LogP contribution in [-0.4, -0.2) is 41.5 Å². The van der Waals surface area contributed by atoms with E-state index in [0.717, 1.165) is 30.7 Å². The van der Waals surface area contributed by atoms with Crippen molar-refractivity contribution in [3.05, 3.63) is 62.8 Å². The number of H-pyrrole nitrogens is 1. The molecule has 1 saturated heterocycles. The van der Waals surface area contributed by atoms with Gasteiger partial charge in [-0.2, -0.15) is 0 Å². The fourth-order valence-corrected chi connectivity index (χ4v) is 3.71. The van der Waals surface area contributed by atoms with E-state index in [2.05, 4.69) is 15.1 Å². The van der Waals surface area contributed by atoms with Gasteiger partial charge in [0.2, 0.25) is 5.91 Å². The van der Waals surface area contributed by atoms with Gasteiger partial charge in [-0.05, 0) is 31.7 Å². The van der Waals surface area contributed by atoms with E-state index in [0.29, 0.717) is 18.6 Å². The van der Waals surface area contributed by atoms with E-state index in [1.165, 1.54) is 21.3 Å². The Morgan fingerprint density at radius 3 is 2.93 bits per heavy atom. The number of fused-ring (bicyclic) bond motifs is 1. The standard InChI is InChI=1S/C19H22N6O3/c1-2-13-10-17(26)25-16(21-13)11-14(22-25)15-6-3-4-9-24(15)18(27)12-23-8-5-7-20-19(23)28/h5,7-8,10-11,15,22H,2-4,6,9,12H2,1H3/t15-/m1/s1. The molecule has 1 aliphatic rings. The van der Waals surface area contributed by atoms with E-state index in [4.69, 9.17) is 0 Å². The summed E-state index contributed by atoms with van der Waals surface area (Å²) in [6.45, 7) is 2.51. The number of aromatic amines is 1. The lowest BCUT2D eigenvalue weighted by atomic mass is 9.99. The first-order valence-electron chi connectivity index (χ1n) is 9.49. The minimum Gasteiger partial charge on any atom is -0.333 e. The van der Waals surface area contributed by atoms with E-state index >= 15 is 0 Å². The number of hydrogen-bond acceptors (Lipinski definition) is 5. The number of carbonyl (C=O) groups excluding carboxylic acids is 1. The minimum atomic E-state index is -0.446. The molecule has 1 N–H and O–H groups in total. The number of aryl methyl sites for hydroxylation is 1. The second-order valence-electron chi connectivity index (χ2n) is 6.97. The summed E-state index contributed by atoms with van der Waals surface area (Å²) in [4.78, 5) is 47.0. The van der Waals surface area contributed by atoms with Crippen LogP contribution in [0.25, 0.3) is 5.65 Å². The van der Waals surface area contributed by atoms with Crippen LogP contribution in [0.2, 0.25) is 0 Å². The van der Waals surface area contributed by atoms with Gasteiger partial charge in [-0.1, -0.05) is 6.92 Å². The third kappa shape index (κ3) is 3.35. The quantitative estimate of drug-likeness (QED) is 0.722. The lowest BCUT2D eigenvalue weighted by molar-refractivity contribution is -0.135. The summed E-state index contributed by atoms with van der Waals surface area (Å²) >= 11 is 0. The number of nitrogens with one attached hydrogen (secondary N) is 1. The highest BCUT2D eigenvalue weighted by atomic mass is 16.2. The van der Waals surface area contributed by atoms with Crippen LogP contribution in [0.4, 0.5) is 0 Å². The Hall–Kier alpha value is -3.23. The summed E-state index contributed by atoms with van der Waals surface area (Å²) in [6, 6.07) is 4.81. The molecular weight excluding hydrogens is 360 g/mol. The molecule has 1 fully saturated rings. The van der Waals surface area contributed by atoms with Crippen molar-refractivity contribution in [3.63, 3.8) is 0 Å². The van der Waals surface area contributed by atoms with Crippen LogP contribution in [0.15, 0.2) is 40.2 Å². The van der Waals surface area contributed by atoms with Crippen molar-refractivity contribution in [1.82, 2.24) is 29.0 Å². The topological polar surface area (TPSA) is 105 Å². The molecule has 28 heavy (non-hydrogen) atoms. The lowest BCUT2D eigenvalue weighted by Gasteiger charge is -2.35. The molecule has 1 amide bonds. The Kier molecular flexibility index (Phi) is 4.81. The molecule has 0 aliphatic carbocycles. The number of amides is 1. The number of carbonyl (C=O) groups is 1. The van der Waals surface area contributed by atoms with Crippen LogP contribution in [0, 0.1) is 0 Å². The molecule has 0 aromatic carbocycles. The van der Waals surface area contributed by atoms with Crippen LogP contribution >= 0.6 is 0 Å². The molecule has 0 radical (unpaired) electrons. The number of piperidine rings is 1. The van der Waals surface area contributed by atoms with Gasteiger partial charge < -0.3 is 4.90 Å². The molecule has 4 heterocycles. The van der Waals surface area contributed by atoms with Gasteiger partial charge in [-0.3, -0.25) is 19.3 Å². The van der Waals surface area contributed by atoms with Gasteiger partial charge in [0.05, 0.1) is 11.7 Å². The van der Waals surface area contributed by atoms with Gasteiger partial charge in [-0.15, -0.1) is 0 Å². The largest absolute Gasteiger partial charge is 0.347 e. The molecule has 1 atom stereocenters. The summed E-state index contributed by atoms with van der Waals surface area (Å²) in [5.41, 5.74) is 1.47. The monoisotopic (exact) mass is 382 g/mol. The first kappa shape index (κ1) is 18.1. The van der Waals surface area contributed by atoms with Gasteiger partial charge in [0.25, 0.3) is 5.56 Å². The average Bonchev–Trinajstić information content (AvgIpc) is 3.14. The van der Waals surface area contributed by atoms with Crippen molar-refractivity contribution in [2.75, 3.05) is 6.54 Å². The summed E-state index contributed by atoms with van der Waals surface area (Å²) in [6.07, 6.45) is 6.33. The highest BCUT2D eigenvalue weighted by molar-refractivity contribution is 5.76. The van der Waals surface area contributed by atoms with E-state index in [9.17, 15) is 14.4 Å². The smallest absolute Gasteiger partial charge is 0.333 e. The summed E-state index contributed by atoms with van der Waals surface area (Å²) in [7, 11) is 0. The molecule has 4 rings (SSSR count). The number of likely N-dealkylation sites (tertiary alicyclic amines) is 1. The van der Waals surface area contributed by atoms with Crippen LogP contribution < -0.4 is 11.2 Å². The van der Waals surface area contributed by atoms with E-state index < -0.39 is 5.69 Å². The van der Waals surface area contributed by atoms with Gasteiger partial charge >= 0.3 is 5.69 Å². The van der Waals surface area contributed by atoms with Crippen molar-refractivity contribution in [1.29, 1.82) is 0 Å². The Morgan fingerprint density at radius 1 is 1.29 bits per heavy atom. The first-order valence-corrected chi connectivity index (χ1v) is 9.49. The molecular formula is C19H22N6O3. The molecule has 0 saturated carbocycles. The van der Waals surface area contributed by atoms with E-state index in [1.807, 2.05) is 13.0 Å². The number of nitrogens with zero attached hydrogens (tertiary/aromatic N) is 5. The zero-order valence-corrected chi connectivity index (χ0v) is 15.7. The van der Waals surface area contributed by atoms with Crippen molar-refractivity contribution in [2.45, 2.75) is 45.2 Å². The van der Waals surface area contributed by atoms with Crippen LogP contribution in [0.5, 0.6) is 0 Å². The molecule has 1 aliphatic heterocycles. The van der Waals surface area contributed by atoms with Crippen molar-refractivity contribution in [3.8, 4) is 0 Å². The molecule has 9 nitrogen and oxygen atoms in total. The predicted molar refractivity (Wildman–Crippen MR) is 102 cm³/mol. The maximum atomic E-state index is 12.9. The second kappa shape index (κ2) is 7.41. The Bertz CT molecular complexity index is 1130. The van der Waals surface area contributed by atoms with Crippen LogP contribution in [-0.2, 0) is 17.8 Å². The molecule has 0 bridgehead atoms. The Morgan fingerprint density at radius 2 is 2.14 bits per heavy atom. The average molecular weight is 382 g/mol. The van der Waals surface area contributed by atoms with Crippen molar-refractivity contribution in [2.24, 2.45) is 0 Å². The first-order chi connectivity index (χ1) is 13.6. The predicted octanol–water partition coefficient (Wildman–Crippen LogP) is 0.895. The highest BCUT2D eigenvalue weighted by Gasteiger charge is 2.29. The normalized spacial score (nSPS) is 17.2. The SMILES string of the molecule is CCc1cc(=O)n2[nH]c([C@H]3CCCCN3C(=O)Cn3cccnc3=O)cc2n1. The molecule has 3 aromatic heterocycles. The van der Waals surface area contributed by atoms with Gasteiger partial charge in [0.1, 0.15) is 6.54 Å². The molecule has 0 spiro atoms. The van der Waals surface area contributed by atoms with E-state index in [1.54, 1.807) is 17.2 Å². The van der Waals surface area contributed by atoms with E-state index in [-0.39, 0.29) is 24.1 Å². The molecule has 9 heteroatoms. The fraction of sp³-hybridized carbons (Fsp3) is 0.421. The molecule has 0 unspecified atom stereocenters. The van der Waals surface area contributed by atoms with Crippen LogP contribution in [0.1, 0.15) is 43.6 Å². The highest BCUT2D eigenvalue weighted by Crippen LogP contribution is 2.30. The fourth-order valence-electron chi connectivity index (χ4n) is 3.71. The van der Waals surface area contributed by atoms with Gasteiger partial charge in [0, 0.05) is 36.8 Å². The number of rotatable bonds is 4. The third-order valence-electron chi connectivity index (χ3n) is 5.16. The zero-order valence-electron chi connectivity index (χ0n) is 15.7. The van der Waals surface area contributed by atoms with Crippen molar-refractivity contribution < 1.29 is 4.79 Å². The number of aromatic nitrogens is 5. The molecule has 3 aromatic rings. The summed E-state index contributed by atoms with van der Waals surface area (Å²) in [5, 5.41) is 3.11. The summed E-state index contributed by atoms with van der Waals surface area (Å²) < 4.78 is 2.72. The zero-order chi connectivity index (χ0) is 19.7. The third-order valence-corrected chi connectivity index (χ3v) is 5.16. The number of hydrogen-bond donors (Lipinski definition) is 1. The second-order valence-corrected chi connectivity index (χ2v) is 6.97. The summed E-state index contributed by atoms with van der Waals surface area (Å²) in [5.74, 6) is -0.145. The Labute approximate surface area is 160 Å². The van der Waals surface area contributed by atoms with Gasteiger partial charge in [-0.25, -0.2) is 19.3 Å². The lowest BCUT2D eigenvalue weighted by Crippen LogP contribution is -2.42. The van der Waals surface area contributed by atoms with Crippen molar-refractivity contribution >= 4 is 11.6 Å². The molecule has 146 valence electrons. The minimum absolute atomic E-state index is 0.0540. The maximum absolute atomic E-state index is 12.9. The van der Waals surface area contributed by atoms with Crippen LogP contribution in [0.3, 0.4) is 0 Å². The maximum Gasteiger partial charge on any atom is 0.347 e.